The van der Waals surface area contributed by atoms with Gasteiger partial charge in [0.2, 0.25) is 17.7 Å². The van der Waals surface area contributed by atoms with Crippen molar-refractivity contribution in [1.29, 1.82) is 0 Å². The van der Waals surface area contributed by atoms with E-state index in [0.717, 1.165) is 23.0 Å². The summed E-state index contributed by atoms with van der Waals surface area (Å²) in [5.41, 5.74) is 4.01. The second-order valence-corrected chi connectivity index (χ2v) is 10.1. The highest BCUT2D eigenvalue weighted by Crippen LogP contribution is 2.19. The molecule has 0 bridgehead atoms. The molecule has 0 saturated carbocycles. The molecular formula is C33H37N5O6. The summed E-state index contributed by atoms with van der Waals surface area (Å²) in [6, 6.07) is 22.3. The third kappa shape index (κ3) is 10.9. The first-order chi connectivity index (χ1) is 21.3. The van der Waals surface area contributed by atoms with Gasteiger partial charge in [0.15, 0.2) is 0 Å². The van der Waals surface area contributed by atoms with Crippen LogP contribution in [-0.4, -0.2) is 75.0 Å². The van der Waals surface area contributed by atoms with E-state index in [2.05, 4.69) is 26.6 Å². The van der Waals surface area contributed by atoms with Crippen LogP contribution in [0.15, 0.2) is 78.9 Å². The molecule has 5 N–H and O–H groups in total. The number of likely N-dealkylation sites (N-methyl/N-ethyl adjacent to an activating group) is 1. The number of hydrogen-bond acceptors (Lipinski definition) is 7. The van der Waals surface area contributed by atoms with Gasteiger partial charge in [-0.1, -0.05) is 66.7 Å². The van der Waals surface area contributed by atoms with Crippen molar-refractivity contribution in [1.82, 2.24) is 26.6 Å². The second-order valence-electron chi connectivity index (χ2n) is 10.1. The number of amides is 4. The lowest BCUT2D eigenvalue weighted by Crippen LogP contribution is -2.52. The second kappa shape index (κ2) is 17.7. The van der Waals surface area contributed by atoms with E-state index in [4.69, 9.17) is 0 Å². The van der Waals surface area contributed by atoms with E-state index in [1.807, 2.05) is 54.6 Å². The fraction of sp³-hybridized carbons (Fsp3) is 0.273. The van der Waals surface area contributed by atoms with Crippen molar-refractivity contribution in [3.8, 4) is 11.1 Å². The Morgan fingerprint density at radius 2 is 1.32 bits per heavy atom. The van der Waals surface area contributed by atoms with Crippen LogP contribution < -0.4 is 26.6 Å². The highest BCUT2D eigenvalue weighted by atomic mass is 16.2. The summed E-state index contributed by atoms with van der Waals surface area (Å²) >= 11 is 0. The summed E-state index contributed by atoms with van der Waals surface area (Å²) in [6.07, 6.45) is 1.92. The zero-order valence-corrected chi connectivity index (χ0v) is 24.5. The molecule has 11 nitrogen and oxygen atoms in total. The average Bonchev–Trinajstić information content (AvgIpc) is 3.04. The van der Waals surface area contributed by atoms with E-state index in [9.17, 15) is 28.8 Å². The van der Waals surface area contributed by atoms with Crippen LogP contribution in [0.1, 0.15) is 27.9 Å². The SMILES string of the molecule is CNCC(=O)N[C@H](Cc1ccc(-c2ccccc2)cc1)C(=O)NCC(=O)N[C@H](C=O)Cc1ccc(C(=O)NCCC=O)cc1. The van der Waals surface area contributed by atoms with E-state index < -0.39 is 30.4 Å². The van der Waals surface area contributed by atoms with Gasteiger partial charge in [-0.3, -0.25) is 19.2 Å². The number of rotatable bonds is 17. The van der Waals surface area contributed by atoms with E-state index >= 15 is 0 Å². The molecule has 230 valence electrons. The van der Waals surface area contributed by atoms with Gasteiger partial charge in [0, 0.05) is 24.9 Å². The minimum Gasteiger partial charge on any atom is -0.352 e. The predicted molar refractivity (Wildman–Crippen MR) is 166 cm³/mol. The Kier molecular flexibility index (Phi) is 13.4. The van der Waals surface area contributed by atoms with Gasteiger partial charge in [0.25, 0.3) is 5.91 Å². The normalized spacial score (nSPS) is 11.8. The summed E-state index contributed by atoms with van der Waals surface area (Å²) in [4.78, 5) is 72.1. The van der Waals surface area contributed by atoms with Crippen molar-refractivity contribution >= 4 is 36.2 Å². The molecule has 0 unspecified atom stereocenters. The molecule has 3 rings (SSSR count). The quantitative estimate of drug-likeness (QED) is 0.114. The van der Waals surface area contributed by atoms with Gasteiger partial charge in [-0.25, -0.2) is 0 Å². The molecule has 11 heteroatoms. The fourth-order valence-corrected chi connectivity index (χ4v) is 4.39. The van der Waals surface area contributed by atoms with Crippen LogP contribution in [0.2, 0.25) is 0 Å². The van der Waals surface area contributed by atoms with Crippen molar-refractivity contribution in [2.45, 2.75) is 31.3 Å². The molecule has 0 heterocycles. The van der Waals surface area contributed by atoms with Gasteiger partial charge in [-0.05, 0) is 47.9 Å². The maximum Gasteiger partial charge on any atom is 0.251 e. The summed E-state index contributed by atoms with van der Waals surface area (Å²) in [7, 11) is 1.62. The van der Waals surface area contributed by atoms with Crippen molar-refractivity contribution in [3.63, 3.8) is 0 Å². The first-order valence-corrected chi connectivity index (χ1v) is 14.2. The third-order valence-electron chi connectivity index (χ3n) is 6.64. The predicted octanol–water partition coefficient (Wildman–Crippen LogP) is 0.962. The van der Waals surface area contributed by atoms with Gasteiger partial charge in [-0.2, -0.15) is 0 Å². The minimum atomic E-state index is -0.928. The molecule has 0 aromatic heterocycles. The average molecular weight is 600 g/mol. The molecular weight excluding hydrogens is 562 g/mol. The minimum absolute atomic E-state index is 0.0179. The Hall–Kier alpha value is -5.16. The van der Waals surface area contributed by atoms with Crippen molar-refractivity contribution in [2.75, 3.05) is 26.7 Å². The smallest absolute Gasteiger partial charge is 0.251 e. The first kappa shape index (κ1) is 33.3. The summed E-state index contributed by atoms with van der Waals surface area (Å²) in [5, 5.41) is 13.2. The monoisotopic (exact) mass is 599 g/mol. The molecule has 44 heavy (non-hydrogen) atoms. The Morgan fingerprint density at radius 3 is 1.95 bits per heavy atom. The van der Waals surface area contributed by atoms with Crippen LogP contribution >= 0.6 is 0 Å². The van der Waals surface area contributed by atoms with Crippen LogP contribution in [0.25, 0.3) is 11.1 Å². The molecule has 0 aliphatic rings. The molecule has 0 radical (unpaired) electrons. The van der Waals surface area contributed by atoms with Gasteiger partial charge in [-0.15, -0.1) is 0 Å². The van der Waals surface area contributed by atoms with Crippen molar-refractivity contribution < 1.29 is 28.8 Å². The highest BCUT2D eigenvalue weighted by Gasteiger charge is 2.22. The molecule has 0 aliphatic carbocycles. The number of benzene rings is 3. The molecule has 0 spiro atoms. The van der Waals surface area contributed by atoms with E-state index in [0.29, 0.717) is 17.4 Å². The van der Waals surface area contributed by atoms with Crippen LogP contribution in [-0.2, 0) is 36.8 Å². The summed E-state index contributed by atoms with van der Waals surface area (Å²) in [5.74, 6) is -1.81. The number of carbonyl (C=O) groups is 6. The lowest BCUT2D eigenvalue weighted by Gasteiger charge is -2.19. The Bertz CT molecular complexity index is 1410. The summed E-state index contributed by atoms with van der Waals surface area (Å²) in [6.45, 7) is -0.136. The first-order valence-electron chi connectivity index (χ1n) is 14.2. The molecule has 3 aromatic carbocycles. The lowest BCUT2D eigenvalue weighted by atomic mass is 10.00. The molecule has 2 atom stereocenters. The lowest BCUT2D eigenvalue weighted by molar-refractivity contribution is -0.130. The van der Waals surface area contributed by atoms with Crippen molar-refractivity contribution in [3.05, 3.63) is 95.6 Å². The van der Waals surface area contributed by atoms with Crippen LogP contribution in [0, 0.1) is 0 Å². The zero-order chi connectivity index (χ0) is 31.7. The standard InChI is InChI=1S/C33H37N5O6/c1-34-20-30(41)38-29(19-24-8-12-26(13-9-24)25-6-3-2-4-7-25)33(44)36-21-31(42)37-28(22-40)18-23-10-14-27(15-11-23)32(43)35-16-5-17-39/h2-4,6-15,17,22,28-29,34H,5,16,18-21H2,1H3,(H,35,43)(H,36,44)(H,37,42)(H,38,41)/t28-,29+/m0/s1. The molecule has 0 saturated heterocycles. The fourth-order valence-electron chi connectivity index (χ4n) is 4.39. The van der Waals surface area contributed by atoms with E-state index in [1.54, 1.807) is 31.3 Å². The van der Waals surface area contributed by atoms with Crippen LogP contribution in [0.5, 0.6) is 0 Å². The third-order valence-corrected chi connectivity index (χ3v) is 6.64. The van der Waals surface area contributed by atoms with Crippen LogP contribution in [0.3, 0.4) is 0 Å². The number of aldehydes is 2. The molecule has 4 amide bonds. The van der Waals surface area contributed by atoms with E-state index in [1.165, 1.54) is 0 Å². The summed E-state index contributed by atoms with van der Waals surface area (Å²) < 4.78 is 0. The molecule has 3 aromatic rings. The van der Waals surface area contributed by atoms with Crippen LogP contribution in [0.4, 0.5) is 0 Å². The highest BCUT2D eigenvalue weighted by molar-refractivity contribution is 5.94. The maximum absolute atomic E-state index is 13.1. The zero-order valence-electron chi connectivity index (χ0n) is 24.5. The van der Waals surface area contributed by atoms with Gasteiger partial charge in [0.1, 0.15) is 18.6 Å². The van der Waals surface area contributed by atoms with Gasteiger partial charge < -0.3 is 36.2 Å². The Morgan fingerprint density at radius 1 is 0.705 bits per heavy atom. The number of nitrogens with one attached hydrogen (secondary N) is 5. The van der Waals surface area contributed by atoms with E-state index in [-0.39, 0.29) is 44.2 Å². The topological polar surface area (TPSA) is 163 Å². The number of carbonyl (C=O) groups excluding carboxylic acids is 6. The maximum atomic E-state index is 13.1. The molecule has 0 fully saturated rings. The largest absolute Gasteiger partial charge is 0.352 e. The van der Waals surface area contributed by atoms with Gasteiger partial charge >= 0.3 is 0 Å². The van der Waals surface area contributed by atoms with Gasteiger partial charge in [0.05, 0.1) is 19.1 Å². The van der Waals surface area contributed by atoms with Crippen molar-refractivity contribution in [2.24, 2.45) is 0 Å². The number of hydrogen-bond donors (Lipinski definition) is 5. The Labute approximate surface area is 256 Å². The Balaban J connectivity index is 1.55. The molecule has 0 aliphatic heterocycles.